The monoisotopic (exact) mass is 599 g/mol. The van der Waals surface area contributed by atoms with E-state index in [-0.39, 0.29) is 11.3 Å². The third kappa shape index (κ3) is 5.45. The second-order valence-electron chi connectivity index (χ2n) is 13.6. The number of ether oxygens (including phenoxy) is 2. The topological polar surface area (TPSA) is 74.6 Å². The van der Waals surface area contributed by atoms with Gasteiger partial charge in [0.2, 0.25) is 0 Å². The van der Waals surface area contributed by atoms with Crippen molar-refractivity contribution >= 4 is 28.9 Å². The van der Waals surface area contributed by atoms with Crippen molar-refractivity contribution in [2.24, 2.45) is 22.7 Å². The molecule has 0 radical (unpaired) electrons. The smallest absolute Gasteiger partial charge is 0.286 e. The number of hydrogen-bond acceptors (Lipinski definition) is 7. The van der Waals surface area contributed by atoms with Gasteiger partial charge in [0.1, 0.15) is 5.75 Å². The number of aromatic hydroxyl groups is 1. The summed E-state index contributed by atoms with van der Waals surface area (Å²) in [6, 6.07) is 12.9. The highest BCUT2D eigenvalue weighted by atomic mass is 32.2. The van der Waals surface area contributed by atoms with Crippen LogP contribution in [-0.2, 0) is 26.2 Å². The lowest BCUT2D eigenvalue weighted by molar-refractivity contribution is -0.113. The summed E-state index contributed by atoms with van der Waals surface area (Å²) < 4.78 is 11.1. The minimum absolute atomic E-state index is 0.110. The number of aliphatic imine (C=N–C) groups is 1. The van der Waals surface area contributed by atoms with Crippen LogP contribution in [0.1, 0.15) is 55.2 Å². The molecule has 7 aliphatic rings. The number of hydrogen-bond donors (Lipinski definition) is 1. The number of benzene rings is 2. The molecule has 2 saturated heterocycles. The van der Waals surface area contributed by atoms with E-state index in [1.54, 1.807) is 0 Å². The van der Waals surface area contributed by atoms with E-state index in [1.165, 1.54) is 61.4 Å². The lowest BCUT2D eigenvalue weighted by atomic mass is 9.48. The Balaban J connectivity index is 1.14. The quantitative estimate of drug-likeness (QED) is 0.445. The van der Waals surface area contributed by atoms with E-state index >= 15 is 0 Å². The SMILES string of the molecule is O=C1N=C(N2CCOCC2)S/C1=C\c1ccc(CN2CCOCC2)c(-c2ccc(O)c(C34CC5CC(CC(C5)C3)C4)c2)c1. The molecule has 226 valence electrons. The summed E-state index contributed by atoms with van der Waals surface area (Å²) in [6.45, 7) is 7.08. The number of nitrogens with zero attached hydrogens (tertiary/aromatic N) is 3. The molecule has 0 aromatic heterocycles. The maximum atomic E-state index is 12.9. The third-order valence-corrected chi connectivity index (χ3v) is 11.8. The number of phenols is 1. The minimum atomic E-state index is -0.167. The molecule has 1 amide bonds. The zero-order chi connectivity index (χ0) is 29.0. The van der Waals surface area contributed by atoms with E-state index in [0.29, 0.717) is 23.9 Å². The van der Waals surface area contributed by atoms with Gasteiger partial charge in [0.05, 0.1) is 31.3 Å². The van der Waals surface area contributed by atoms with E-state index < -0.39 is 0 Å². The summed E-state index contributed by atoms with van der Waals surface area (Å²) in [5.41, 5.74) is 5.87. The number of amides is 1. The molecule has 43 heavy (non-hydrogen) atoms. The molecule has 0 atom stereocenters. The maximum absolute atomic E-state index is 12.9. The van der Waals surface area contributed by atoms with E-state index in [1.807, 2.05) is 12.1 Å². The molecule has 2 aromatic carbocycles. The van der Waals surface area contributed by atoms with Crippen molar-refractivity contribution in [2.45, 2.75) is 50.5 Å². The third-order valence-electron chi connectivity index (χ3n) is 10.7. The Morgan fingerprint density at radius 3 is 2.28 bits per heavy atom. The van der Waals surface area contributed by atoms with Crippen LogP contribution in [0.2, 0.25) is 0 Å². The Morgan fingerprint density at radius 1 is 0.907 bits per heavy atom. The van der Waals surface area contributed by atoms with Crippen LogP contribution in [-0.4, -0.2) is 78.6 Å². The first-order chi connectivity index (χ1) is 21.0. The second kappa shape index (κ2) is 11.4. The minimum Gasteiger partial charge on any atom is -0.508 e. The van der Waals surface area contributed by atoms with Crippen molar-refractivity contribution in [3.8, 4) is 16.9 Å². The molecule has 0 unspecified atom stereocenters. The average molecular weight is 600 g/mol. The van der Waals surface area contributed by atoms with Gasteiger partial charge in [0, 0.05) is 38.3 Å². The standard InChI is InChI=1S/C35H41N3O4S/c39-31-4-3-27(18-30(31)35-19-24-13-25(20-35)15-26(14-24)21-35)29-16-23(1-2-28(29)22-37-5-9-41-10-6-37)17-32-33(40)36-34(43-32)38-7-11-42-12-8-38/h1-4,16-18,24-26,39H,5-15,19-22H2/b32-17-. The predicted octanol–water partition coefficient (Wildman–Crippen LogP) is 5.66. The first-order valence-electron chi connectivity index (χ1n) is 16.1. The van der Waals surface area contributed by atoms with Gasteiger partial charge in [0.15, 0.2) is 5.17 Å². The van der Waals surface area contributed by atoms with Crippen molar-refractivity contribution in [2.75, 3.05) is 52.6 Å². The molecule has 1 N–H and O–H groups in total. The number of morpholine rings is 2. The number of carbonyl (C=O) groups excluding carboxylic acids is 1. The van der Waals surface area contributed by atoms with E-state index in [4.69, 9.17) is 9.47 Å². The van der Waals surface area contributed by atoms with Crippen LogP contribution in [0.15, 0.2) is 46.3 Å². The molecular weight excluding hydrogens is 558 g/mol. The molecule has 7 nitrogen and oxygen atoms in total. The molecule has 9 rings (SSSR count). The number of phenolic OH excluding ortho intramolecular Hbond substituents is 1. The molecule has 4 aliphatic carbocycles. The summed E-state index contributed by atoms with van der Waals surface area (Å²) in [5, 5.41) is 12.1. The molecular formula is C35H41N3O4S. The normalized spacial score (nSPS) is 31.7. The Bertz CT molecular complexity index is 1440. The molecule has 4 saturated carbocycles. The zero-order valence-electron chi connectivity index (χ0n) is 24.8. The first-order valence-corrected chi connectivity index (χ1v) is 17.0. The van der Waals surface area contributed by atoms with Crippen molar-refractivity contribution in [3.05, 3.63) is 58.0 Å². The summed E-state index contributed by atoms with van der Waals surface area (Å²) in [6.07, 6.45) is 9.79. The lowest BCUT2D eigenvalue weighted by Gasteiger charge is -2.57. The van der Waals surface area contributed by atoms with Gasteiger partial charge in [-0.2, -0.15) is 4.99 Å². The van der Waals surface area contributed by atoms with Gasteiger partial charge in [-0.1, -0.05) is 18.2 Å². The van der Waals surface area contributed by atoms with Crippen molar-refractivity contribution in [1.29, 1.82) is 0 Å². The zero-order valence-corrected chi connectivity index (χ0v) is 25.6. The highest BCUT2D eigenvalue weighted by Gasteiger charge is 2.52. The van der Waals surface area contributed by atoms with Gasteiger partial charge in [-0.3, -0.25) is 9.69 Å². The summed E-state index contributed by atoms with van der Waals surface area (Å²) in [7, 11) is 0. The molecule has 2 aromatic rings. The van der Waals surface area contributed by atoms with E-state index in [0.717, 1.165) is 85.5 Å². The van der Waals surface area contributed by atoms with Crippen LogP contribution in [0, 0.1) is 17.8 Å². The van der Waals surface area contributed by atoms with E-state index in [9.17, 15) is 9.90 Å². The van der Waals surface area contributed by atoms with Crippen molar-refractivity contribution < 1.29 is 19.4 Å². The van der Waals surface area contributed by atoms with Crippen LogP contribution in [0.25, 0.3) is 17.2 Å². The number of carbonyl (C=O) groups is 1. The Hall–Kier alpha value is -2.65. The fourth-order valence-electron chi connectivity index (χ4n) is 9.10. The Morgan fingerprint density at radius 2 is 1.58 bits per heavy atom. The first kappa shape index (κ1) is 27.9. The van der Waals surface area contributed by atoms with Gasteiger partial charge in [-0.25, -0.2) is 0 Å². The van der Waals surface area contributed by atoms with Gasteiger partial charge in [0.25, 0.3) is 5.91 Å². The average Bonchev–Trinajstić information content (AvgIpc) is 3.38. The van der Waals surface area contributed by atoms with Gasteiger partial charge in [-0.05, 0) is 120 Å². The highest BCUT2D eigenvalue weighted by Crippen LogP contribution is 2.62. The lowest BCUT2D eigenvalue weighted by Crippen LogP contribution is -2.48. The molecule has 8 heteroatoms. The van der Waals surface area contributed by atoms with Gasteiger partial charge >= 0.3 is 0 Å². The van der Waals surface area contributed by atoms with Gasteiger partial charge in [-0.15, -0.1) is 0 Å². The Labute approximate surface area is 258 Å². The summed E-state index contributed by atoms with van der Waals surface area (Å²) in [5.74, 6) is 2.73. The number of thioether (sulfide) groups is 1. The van der Waals surface area contributed by atoms with Crippen LogP contribution in [0.3, 0.4) is 0 Å². The maximum Gasteiger partial charge on any atom is 0.286 e. The van der Waals surface area contributed by atoms with Crippen LogP contribution < -0.4 is 0 Å². The van der Waals surface area contributed by atoms with Crippen molar-refractivity contribution in [3.63, 3.8) is 0 Å². The highest BCUT2D eigenvalue weighted by molar-refractivity contribution is 8.18. The fraction of sp³-hybridized carbons (Fsp3) is 0.543. The van der Waals surface area contributed by atoms with Crippen LogP contribution in [0.4, 0.5) is 0 Å². The van der Waals surface area contributed by atoms with Crippen molar-refractivity contribution in [1.82, 2.24) is 9.80 Å². The molecule has 3 heterocycles. The van der Waals surface area contributed by atoms with E-state index in [2.05, 4.69) is 45.1 Å². The predicted molar refractivity (Wildman–Crippen MR) is 170 cm³/mol. The molecule has 3 aliphatic heterocycles. The summed E-state index contributed by atoms with van der Waals surface area (Å²) in [4.78, 5) is 22.6. The van der Waals surface area contributed by atoms with Crippen LogP contribution >= 0.6 is 11.8 Å². The second-order valence-corrected chi connectivity index (χ2v) is 14.7. The van der Waals surface area contributed by atoms with Gasteiger partial charge < -0.3 is 19.5 Å². The fourth-order valence-corrected chi connectivity index (χ4v) is 10.1. The Kier molecular flexibility index (Phi) is 7.37. The number of rotatable bonds is 5. The molecule has 4 bridgehead atoms. The summed E-state index contributed by atoms with van der Waals surface area (Å²) >= 11 is 1.47. The number of amidine groups is 1. The molecule has 0 spiro atoms. The molecule has 6 fully saturated rings. The van der Waals surface area contributed by atoms with Crippen LogP contribution in [0.5, 0.6) is 5.75 Å². The largest absolute Gasteiger partial charge is 0.508 e.